The summed E-state index contributed by atoms with van der Waals surface area (Å²) in [6.07, 6.45) is -11.7. The molecule has 1 unspecified atom stereocenters. The molecule has 0 heterocycles. The SMILES string of the molecule is CC1=CCC(C(F)(F)F)(C(F)(F)F)C(c2ccc([N+](=O)[O-])cc2)C1. The zero-order valence-electron chi connectivity index (χ0n) is 12.4. The van der Waals surface area contributed by atoms with Crippen LogP contribution in [-0.2, 0) is 0 Å². The Labute approximate surface area is 133 Å². The summed E-state index contributed by atoms with van der Waals surface area (Å²) in [5.41, 5.74) is -4.10. The largest absolute Gasteiger partial charge is 0.404 e. The highest BCUT2D eigenvalue weighted by Gasteiger charge is 2.73. The van der Waals surface area contributed by atoms with Gasteiger partial charge in [0.15, 0.2) is 5.41 Å². The molecule has 1 aromatic carbocycles. The fraction of sp³-hybridized carbons (Fsp3) is 0.467. The standard InChI is InChI=1S/C15H13F6NO2/c1-9-6-7-13(14(16,17)18,15(19,20)21)12(8-9)10-2-4-11(5-3-10)22(23)24/h2-6,12H,7-8H2,1H3. The first-order valence-electron chi connectivity index (χ1n) is 6.93. The van der Waals surface area contributed by atoms with Crippen molar-refractivity contribution in [2.45, 2.75) is 38.0 Å². The van der Waals surface area contributed by atoms with E-state index in [1.165, 1.54) is 6.92 Å². The Balaban J connectivity index is 2.62. The van der Waals surface area contributed by atoms with Gasteiger partial charge >= 0.3 is 12.4 Å². The summed E-state index contributed by atoms with van der Waals surface area (Å²) < 4.78 is 81.0. The van der Waals surface area contributed by atoms with E-state index < -0.39 is 47.1 Å². The summed E-state index contributed by atoms with van der Waals surface area (Å²) in [5.74, 6) is -1.89. The van der Waals surface area contributed by atoms with Gasteiger partial charge in [-0.25, -0.2) is 0 Å². The lowest BCUT2D eigenvalue weighted by Crippen LogP contribution is -2.54. The molecular formula is C15H13F6NO2. The molecule has 0 saturated carbocycles. The van der Waals surface area contributed by atoms with Gasteiger partial charge in [0.25, 0.3) is 5.69 Å². The van der Waals surface area contributed by atoms with E-state index in [2.05, 4.69) is 0 Å². The van der Waals surface area contributed by atoms with E-state index in [-0.39, 0.29) is 5.56 Å². The van der Waals surface area contributed by atoms with Crippen molar-refractivity contribution in [2.24, 2.45) is 5.41 Å². The summed E-state index contributed by atoms with van der Waals surface area (Å²) >= 11 is 0. The average Bonchev–Trinajstić information content (AvgIpc) is 2.44. The number of hydrogen-bond acceptors (Lipinski definition) is 2. The zero-order chi connectivity index (χ0) is 18.3. The molecule has 0 spiro atoms. The lowest BCUT2D eigenvalue weighted by molar-refractivity contribution is -0.384. The van der Waals surface area contributed by atoms with Crippen LogP contribution in [0, 0.1) is 15.5 Å². The molecule has 0 saturated heterocycles. The molecule has 132 valence electrons. The number of nitro groups is 1. The molecule has 3 nitrogen and oxygen atoms in total. The van der Waals surface area contributed by atoms with Crippen LogP contribution in [0.5, 0.6) is 0 Å². The number of halogens is 6. The van der Waals surface area contributed by atoms with Crippen molar-refractivity contribution in [1.29, 1.82) is 0 Å². The van der Waals surface area contributed by atoms with E-state index in [1.807, 2.05) is 0 Å². The highest BCUT2D eigenvalue weighted by molar-refractivity contribution is 5.37. The first kappa shape index (κ1) is 18.3. The summed E-state index contributed by atoms with van der Waals surface area (Å²) in [4.78, 5) is 9.86. The maximum absolute atomic E-state index is 13.5. The van der Waals surface area contributed by atoms with Crippen LogP contribution in [0.3, 0.4) is 0 Å². The lowest BCUT2D eigenvalue weighted by Gasteiger charge is -2.45. The van der Waals surface area contributed by atoms with Gasteiger partial charge in [-0.2, -0.15) is 26.3 Å². The number of rotatable bonds is 2. The third-order valence-corrected chi connectivity index (χ3v) is 4.41. The second kappa shape index (κ2) is 5.78. The molecule has 2 rings (SSSR count). The third kappa shape index (κ3) is 2.87. The molecule has 1 aliphatic carbocycles. The Morgan fingerprint density at radius 3 is 2.00 bits per heavy atom. The Hall–Kier alpha value is -2.06. The maximum Gasteiger partial charge on any atom is 0.404 e. The van der Waals surface area contributed by atoms with Gasteiger partial charge in [-0.05, 0) is 25.3 Å². The number of nitro benzene ring substituents is 1. The number of benzene rings is 1. The van der Waals surface area contributed by atoms with Crippen LogP contribution in [0.15, 0.2) is 35.9 Å². The molecule has 0 radical (unpaired) electrons. The second-order valence-corrected chi connectivity index (χ2v) is 5.83. The minimum Gasteiger partial charge on any atom is -0.258 e. The van der Waals surface area contributed by atoms with Crippen LogP contribution in [0.25, 0.3) is 0 Å². The maximum atomic E-state index is 13.5. The van der Waals surface area contributed by atoms with Gasteiger partial charge in [-0.15, -0.1) is 0 Å². The van der Waals surface area contributed by atoms with Crippen LogP contribution in [0.1, 0.15) is 31.2 Å². The van der Waals surface area contributed by atoms with E-state index in [0.29, 0.717) is 5.57 Å². The Bertz CT molecular complexity index is 646. The minimum absolute atomic E-state index is 0.220. The van der Waals surface area contributed by atoms with Gasteiger partial charge in [-0.1, -0.05) is 23.8 Å². The highest BCUT2D eigenvalue weighted by Crippen LogP contribution is 2.63. The monoisotopic (exact) mass is 353 g/mol. The van der Waals surface area contributed by atoms with Crippen LogP contribution < -0.4 is 0 Å². The smallest absolute Gasteiger partial charge is 0.258 e. The van der Waals surface area contributed by atoms with Crippen molar-refractivity contribution in [3.63, 3.8) is 0 Å². The normalized spacial score (nSPS) is 21.3. The molecule has 0 aliphatic heterocycles. The molecule has 0 bridgehead atoms. The molecule has 0 fully saturated rings. The van der Waals surface area contributed by atoms with Crippen LogP contribution in [0.2, 0.25) is 0 Å². The predicted octanol–water partition coefficient (Wildman–Crippen LogP) is 5.53. The summed E-state index contributed by atoms with van der Waals surface area (Å²) in [5, 5.41) is 10.6. The lowest BCUT2D eigenvalue weighted by atomic mass is 9.63. The first-order valence-corrected chi connectivity index (χ1v) is 6.93. The van der Waals surface area contributed by atoms with Crippen molar-refractivity contribution < 1.29 is 31.3 Å². The minimum atomic E-state index is -5.51. The van der Waals surface area contributed by atoms with Gasteiger partial charge in [0.2, 0.25) is 0 Å². The fourth-order valence-electron chi connectivity index (χ4n) is 3.08. The van der Waals surface area contributed by atoms with Crippen LogP contribution in [-0.4, -0.2) is 17.3 Å². The number of hydrogen-bond donors (Lipinski definition) is 0. The molecule has 1 atom stereocenters. The van der Waals surface area contributed by atoms with E-state index >= 15 is 0 Å². The van der Waals surface area contributed by atoms with E-state index in [9.17, 15) is 36.5 Å². The van der Waals surface area contributed by atoms with Crippen molar-refractivity contribution in [3.8, 4) is 0 Å². The molecule has 24 heavy (non-hydrogen) atoms. The topological polar surface area (TPSA) is 43.1 Å². The van der Waals surface area contributed by atoms with Crippen LogP contribution >= 0.6 is 0 Å². The Kier molecular flexibility index (Phi) is 4.41. The number of allylic oxidation sites excluding steroid dienone is 2. The van der Waals surface area contributed by atoms with Crippen molar-refractivity contribution in [3.05, 3.63) is 51.6 Å². The van der Waals surface area contributed by atoms with Crippen LogP contribution in [0.4, 0.5) is 32.0 Å². The first-order chi connectivity index (χ1) is 10.9. The van der Waals surface area contributed by atoms with Gasteiger partial charge < -0.3 is 0 Å². The average molecular weight is 353 g/mol. The fourth-order valence-corrected chi connectivity index (χ4v) is 3.08. The number of nitrogens with zero attached hydrogens (tertiary/aromatic N) is 1. The van der Waals surface area contributed by atoms with Gasteiger partial charge in [-0.3, -0.25) is 10.1 Å². The molecule has 9 heteroatoms. The third-order valence-electron chi connectivity index (χ3n) is 4.41. The molecule has 0 amide bonds. The van der Waals surface area contributed by atoms with Gasteiger partial charge in [0.05, 0.1) is 4.92 Å². The van der Waals surface area contributed by atoms with E-state index in [1.54, 1.807) is 0 Å². The quantitative estimate of drug-likeness (QED) is 0.304. The summed E-state index contributed by atoms with van der Waals surface area (Å²) in [7, 11) is 0. The predicted molar refractivity (Wildman–Crippen MR) is 73.4 cm³/mol. The Morgan fingerprint density at radius 1 is 1.08 bits per heavy atom. The number of non-ortho nitro benzene ring substituents is 1. The van der Waals surface area contributed by atoms with Crippen molar-refractivity contribution in [1.82, 2.24) is 0 Å². The number of alkyl halides is 6. The zero-order valence-corrected chi connectivity index (χ0v) is 12.4. The van der Waals surface area contributed by atoms with E-state index in [4.69, 9.17) is 0 Å². The van der Waals surface area contributed by atoms with E-state index in [0.717, 1.165) is 30.3 Å². The van der Waals surface area contributed by atoms with Crippen molar-refractivity contribution in [2.75, 3.05) is 0 Å². The van der Waals surface area contributed by atoms with Crippen molar-refractivity contribution >= 4 is 5.69 Å². The summed E-state index contributed by atoms with van der Waals surface area (Å²) in [6.45, 7) is 1.47. The van der Waals surface area contributed by atoms with Gasteiger partial charge in [0.1, 0.15) is 0 Å². The molecule has 0 aromatic heterocycles. The van der Waals surface area contributed by atoms with Gasteiger partial charge in [0, 0.05) is 18.1 Å². The second-order valence-electron chi connectivity index (χ2n) is 5.83. The highest BCUT2D eigenvalue weighted by atomic mass is 19.4. The molecule has 0 N–H and O–H groups in total. The molecule has 1 aromatic rings. The molecular weight excluding hydrogens is 340 g/mol. The molecule has 1 aliphatic rings. The summed E-state index contributed by atoms with van der Waals surface area (Å²) in [6, 6.07) is 3.77. The Morgan fingerprint density at radius 2 is 1.58 bits per heavy atom.